The molecule has 0 fully saturated rings. The van der Waals surface area contributed by atoms with Crippen molar-refractivity contribution in [1.82, 2.24) is 10.2 Å². The minimum atomic E-state index is -0.290. The zero-order valence-electron chi connectivity index (χ0n) is 18.7. The average molecular weight is 458 g/mol. The first-order valence-corrected chi connectivity index (χ1v) is 10.8. The van der Waals surface area contributed by atoms with Gasteiger partial charge < -0.3 is 10.2 Å². The van der Waals surface area contributed by atoms with E-state index in [0.29, 0.717) is 28.5 Å². The minimum absolute atomic E-state index is 0.112. The summed E-state index contributed by atoms with van der Waals surface area (Å²) in [6, 6.07) is 12.5. The highest BCUT2D eigenvalue weighted by Gasteiger charge is 2.26. The number of nitrogens with zero attached hydrogens (tertiary/aromatic N) is 2. The Morgan fingerprint density at radius 3 is 2.19 bits per heavy atom. The summed E-state index contributed by atoms with van der Waals surface area (Å²) in [6.07, 6.45) is 0. The first-order chi connectivity index (χ1) is 14.6. The van der Waals surface area contributed by atoms with E-state index in [0.717, 1.165) is 16.7 Å². The number of allylic oxidation sites excluding steroid dienone is 1. The summed E-state index contributed by atoms with van der Waals surface area (Å²) in [5, 5.41) is 3.68. The van der Waals surface area contributed by atoms with E-state index in [4.69, 9.17) is 23.8 Å². The summed E-state index contributed by atoms with van der Waals surface area (Å²) >= 11 is 11.7. The molecule has 0 aliphatic carbocycles. The highest BCUT2D eigenvalue weighted by Crippen LogP contribution is 2.23. The Morgan fingerprint density at radius 1 is 1.06 bits per heavy atom. The van der Waals surface area contributed by atoms with Crippen LogP contribution in [0, 0.1) is 13.8 Å². The number of aryl methyl sites for hydroxylation is 2. The van der Waals surface area contributed by atoms with Gasteiger partial charge in [0.1, 0.15) is 5.70 Å². The van der Waals surface area contributed by atoms with Crippen LogP contribution >= 0.6 is 23.8 Å². The molecule has 2 amide bonds. The fraction of sp³-hybridized carbons (Fsp3) is 0.292. The zero-order valence-corrected chi connectivity index (χ0v) is 20.3. The quantitative estimate of drug-likeness (QED) is 0.492. The Bertz CT molecular complexity index is 1030. The number of halogens is 1. The molecule has 31 heavy (non-hydrogen) atoms. The van der Waals surface area contributed by atoms with Gasteiger partial charge in [0.05, 0.1) is 5.69 Å². The Balaban J connectivity index is 2.50. The lowest BCUT2D eigenvalue weighted by atomic mass is 10.0. The molecule has 0 spiro atoms. The van der Waals surface area contributed by atoms with Gasteiger partial charge in [0.25, 0.3) is 11.8 Å². The van der Waals surface area contributed by atoms with Crippen LogP contribution in [0.15, 0.2) is 53.7 Å². The molecule has 2 aromatic rings. The maximum Gasteiger partial charge on any atom is 0.270 e. The Labute approximate surface area is 194 Å². The second-order valence-electron chi connectivity index (χ2n) is 7.56. The van der Waals surface area contributed by atoms with Crippen LogP contribution in [-0.4, -0.2) is 35.4 Å². The normalized spacial score (nSPS) is 10.3. The zero-order chi connectivity index (χ0) is 23.3. The van der Waals surface area contributed by atoms with E-state index < -0.39 is 0 Å². The monoisotopic (exact) mass is 457 g/mol. The minimum Gasteiger partial charge on any atom is -0.341 e. The van der Waals surface area contributed by atoms with Gasteiger partial charge >= 0.3 is 0 Å². The van der Waals surface area contributed by atoms with E-state index in [1.165, 1.54) is 4.90 Å². The van der Waals surface area contributed by atoms with E-state index in [9.17, 15) is 9.59 Å². The molecular formula is C24H28ClN3O2S. The number of hydrogen-bond acceptors (Lipinski definition) is 3. The first kappa shape index (κ1) is 24.6. The summed E-state index contributed by atoms with van der Waals surface area (Å²) in [7, 11) is 1.72. The van der Waals surface area contributed by atoms with Gasteiger partial charge in [0.15, 0.2) is 5.11 Å². The molecule has 0 radical (unpaired) electrons. The van der Waals surface area contributed by atoms with E-state index in [-0.39, 0.29) is 16.9 Å². The molecule has 0 aromatic heterocycles. The van der Waals surface area contributed by atoms with Crippen molar-refractivity contribution in [3.8, 4) is 0 Å². The second kappa shape index (κ2) is 10.6. The van der Waals surface area contributed by atoms with Crippen molar-refractivity contribution in [2.75, 3.05) is 18.5 Å². The molecule has 7 heteroatoms. The Morgan fingerprint density at radius 2 is 1.68 bits per heavy atom. The third kappa shape index (κ3) is 5.93. The number of likely N-dealkylation sites (N-methyl/N-ethyl adjacent to an activating group) is 1. The third-order valence-corrected chi connectivity index (χ3v) is 5.41. The smallest absolute Gasteiger partial charge is 0.270 e. The number of carbonyl (C=O) groups is 2. The number of amides is 2. The lowest BCUT2D eigenvalue weighted by Crippen LogP contribution is -2.46. The summed E-state index contributed by atoms with van der Waals surface area (Å²) in [5.41, 5.74) is 4.10. The highest BCUT2D eigenvalue weighted by atomic mass is 35.5. The van der Waals surface area contributed by atoms with Crippen LogP contribution in [0.3, 0.4) is 0 Å². The maximum atomic E-state index is 13.6. The molecule has 1 N–H and O–H groups in total. The van der Waals surface area contributed by atoms with Crippen LogP contribution in [0.25, 0.3) is 0 Å². The van der Waals surface area contributed by atoms with Gasteiger partial charge in [0, 0.05) is 24.2 Å². The van der Waals surface area contributed by atoms with E-state index in [1.54, 1.807) is 42.3 Å². The number of rotatable bonds is 5. The average Bonchev–Trinajstić information content (AvgIpc) is 2.72. The van der Waals surface area contributed by atoms with Crippen molar-refractivity contribution in [2.45, 2.75) is 34.6 Å². The largest absolute Gasteiger partial charge is 0.341 e. The lowest BCUT2D eigenvalue weighted by molar-refractivity contribution is -0.126. The molecule has 0 atom stereocenters. The fourth-order valence-electron chi connectivity index (χ4n) is 2.98. The van der Waals surface area contributed by atoms with Crippen LogP contribution in [0.5, 0.6) is 0 Å². The van der Waals surface area contributed by atoms with Gasteiger partial charge in [-0.1, -0.05) is 29.3 Å². The highest BCUT2D eigenvalue weighted by molar-refractivity contribution is 7.80. The summed E-state index contributed by atoms with van der Waals surface area (Å²) in [5.74, 6) is -0.485. The Kier molecular flexibility index (Phi) is 8.36. The van der Waals surface area contributed by atoms with Crippen LogP contribution < -0.4 is 10.2 Å². The molecule has 5 nitrogen and oxygen atoms in total. The lowest BCUT2D eigenvalue weighted by Gasteiger charge is -2.27. The van der Waals surface area contributed by atoms with Gasteiger partial charge in [0.2, 0.25) is 0 Å². The first-order valence-electron chi connectivity index (χ1n) is 9.98. The van der Waals surface area contributed by atoms with Crippen LogP contribution in [0.4, 0.5) is 5.69 Å². The molecular weight excluding hydrogens is 430 g/mol. The topological polar surface area (TPSA) is 52.7 Å². The number of anilines is 1. The molecule has 2 rings (SSSR count). The molecule has 2 aromatic carbocycles. The van der Waals surface area contributed by atoms with E-state index in [1.807, 2.05) is 46.8 Å². The van der Waals surface area contributed by atoms with Gasteiger partial charge in [-0.15, -0.1) is 0 Å². The summed E-state index contributed by atoms with van der Waals surface area (Å²) in [6.45, 7) is 9.95. The molecule has 0 aliphatic rings. The molecule has 0 aliphatic heterocycles. The number of hydrogen-bond donors (Lipinski definition) is 1. The fourth-order valence-corrected chi connectivity index (χ4v) is 3.40. The van der Waals surface area contributed by atoms with Crippen LogP contribution in [0.1, 0.15) is 42.3 Å². The number of carbonyl (C=O) groups excluding carboxylic acids is 2. The number of nitrogens with one attached hydrogen (secondary N) is 1. The SMILES string of the molecule is CCN(C)C(=O)C(NC(=S)N(C(=O)c1ccc(C)cc1C)c1ccc(Cl)cc1)=C(C)C. The van der Waals surface area contributed by atoms with Crippen molar-refractivity contribution in [2.24, 2.45) is 0 Å². The third-order valence-electron chi connectivity index (χ3n) is 4.87. The summed E-state index contributed by atoms with van der Waals surface area (Å²) in [4.78, 5) is 29.4. The second-order valence-corrected chi connectivity index (χ2v) is 8.38. The van der Waals surface area contributed by atoms with Crippen molar-refractivity contribution in [1.29, 1.82) is 0 Å². The molecule has 0 bridgehead atoms. The molecule has 164 valence electrons. The summed E-state index contributed by atoms with van der Waals surface area (Å²) < 4.78 is 0. The van der Waals surface area contributed by atoms with Crippen molar-refractivity contribution in [3.63, 3.8) is 0 Å². The predicted molar refractivity (Wildman–Crippen MR) is 132 cm³/mol. The van der Waals surface area contributed by atoms with Gasteiger partial charge in [-0.05, 0) is 88.3 Å². The van der Waals surface area contributed by atoms with Crippen LogP contribution in [-0.2, 0) is 4.79 Å². The number of benzene rings is 2. The van der Waals surface area contributed by atoms with Gasteiger partial charge in [-0.2, -0.15) is 0 Å². The Hall–Kier alpha value is -2.70. The molecule has 0 unspecified atom stereocenters. The van der Waals surface area contributed by atoms with E-state index in [2.05, 4.69) is 5.32 Å². The van der Waals surface area contributed by atoms with Crippen molar-refractivity contribution in [3.05, 3.63) is 75.4 Å². The molecule has 0 saturated heterocycles. The maximum absolute atomic E-state index is 13.6. The molecule has 0 heterocycles. The van der Waals surface area contributed by atoms with Crippen molar-refractivity contribution >= 4 is 46.4 Å². The number of thiocarbonyl (C=S) groups is 1. The standard InChI is InChI=1S/C24H28ClN3O2S/c1-7-27(6)23(30)21(15(2)3)26-24(31)28(19-11-9-18(25)10-12-19)22(29)20-13-8-16(4)14-17(20)5/h8-14H,7H2,1-6H3,(H,26,31). The van der Waals surface area contributed by atoms with Crippen molar-refractivity contribution < 1.29 is 9.59 Å². The van der Waals surface area contributed by atoms with Gasteiger partial charge in [-0.3, -0.25) is 14.5 Å². The van der Waals surface area contributed by atoms with E-state index >= 15 is 0 Å². The molecule has 0 saturated carbocycles. The van der Waals surface area contributed by atoms with Gasteiger partial charge in [-0.25, -0.2) is 0 Å². The van der Waals surface area contributed by atoms with Crippen LogP contribution in [0.2, 0.25) is 5.02 Å². The predicted octanol–water partition coefficient (Wildman–Crippen LogP) is 5.25.